The number of hydrogen-bond acceptors (Lipinski definition) is 5. The fourth-order valence-electron chi connectivity index (χ4n) is 4.12. The number of ether oxygens (including phenoxy) is 1. The van der Waals surface area contributed by atoms with E-state index in [1.807, 2.05) is 0 Å². The first-order valence-electron chi connectivity index (χ1n) is 8.58. The number of nitrogens with zero attached hydrogens (tertiary/aromatic N) is 1. The number of rotatable bonds is 4. The number of anilines is 1. The molecule has 10 heteroatoms. The summed E-state index contributed by atoms with van der Waals surface area (Å²) in [6, 6.07) is 2.14. The first kappa shape index (κ1) is 18.1. The van der Waals surface area contributed by atoms with Gasteiger partial charge in [0, 0.05) is 12.5 Å². The highest BCUT2D eigenvalue weighted by Crippen LogP contribution is 2.60. The van der Waals surface area contributed by atoms with Gasteiger partial charge in [0.05, 0.1) is 30.3 Å². The fraction of sp³-hybridized carbons (Fsp3) is 0.529. The molecular formula is C17H18F2N2O5S. The van der Waals surface area contributed by atoms with E-state index in [-0.39, 0.29) is 53.6 Å². The molecule has 1 N–H and O–H groups in total. The Labute approximate surface area is 154 Å². The lowest BCUT2D eigenvalue weighted by Crippen LogP contribution is -2.33. The first-order valence-corrected chi connectivity index (χ1v) is 10.4. The van der Waals surface area contributed by atoms with Crippen LogP contribution in [-0.4, -0.2) is 51.1 Å². The molecule has 0 spiro atoms. The van der Waals surface area contributed by atoms with Crippen molar-refractivity contribution in [3.05, 3.63) is 29.3 Å². The van der Waals surface area contributed by atoms with Crippen molar-refractivity contribution >= 4 is 27.5 Å². The SMILES string of the molecule is CC(=O)NC[C@H]1CN(c2cc(F)c(C3[C@H]4CS(=O)(=O)C[C@@H]34)c(F)c2)C(=O)O1. The van der Waals surface area contributed by atoms with Crippen LogP contribution in [0.2, 0.25) is 0 Å². The summed E-state index contributed by atoms with van der Waals surface area (Å²) in [6.45, 7) is 1.50. The molecule has 1 unspecified atom stereocenters. The Balaban J connectivity index is 1.51. The quantitative estimate of drug-likeness (QED) is 0.820. The van der Waals surface area contributed by atoms with Crippen molar-refractivity contribution in [2.45, 2.75) is 18.9 Å². The van der Waals surface area contributed by atoms with Crippen molar-refractivity contribution in [3.63, 3.8) is 0 Å². The minimum absolute atomic E-state index is 0.0301. The standard InChI is InChI=1S/C17H18F2N2O5S/c1-8(22)20-4-10-5-21(17(23)26-10)9-2-13(18)16(14(19)3-9)15-11-6-27(24,25)7-12(11)15/h2-3,10-12,15H,4-7H2,1H3,(H,20,22)/t10-,11-,12+,15?/m0/s1. The molecule has 2 saturated heterocycles. The lowest BCUT2D eigenvalue weighted by molar-refractivity contribution is -0.119. The number of carbonyl (C=O) groups is 2. The summed E-state index contributed by atoms with van der Waals surface area (Å²) in [7, 11) is -3.10. The van der Waals surface area contributed by atoms with E-state index in [4.69, 9.17) is 4.74 Å². The maximum absolute atomic E-state index is 14.6. The second-order valence-electron chi connectivity index (χ2n) is 7.31. The number of halogens is 2. The van der Waals surface area contributed by atoms with Crippen LogP contribution in [0.1, 0.15) is 18.4 Å². The number of fused-ring (bicyclic) bond motifs is 1. The van der Waals surface area contributed by atoms with Crippen LogP contribution in [0.15, 0.2) is 12.1 Å². The topological polar surface area (TPSA) is 92.8 Å². The van der Waals surface area contributed by atoms with Gasteiger partial charge in [0.25, 0.3) is 0 Å². The van der Waals surface area contributed by atoms with E-state index in [2.05, 4.69) is 5.32 Å². The third-order valence-corrected chi connectivity index (χ3v) is 7.17. The molecule has 2 amide bonds. The molecule has 0 bridgehead atoms. The lowest BCUT2D eigenvalue weighted by atomic mass is 10.1. The van der Waals surface area contributed by atoms with Gasteiger partial charge in [-0.15, -0.1) is 0 Å². The van der Waals surface area contributed by atoms with Gasteiger partial charge in [-0.1, -0.05) is 0 Å². The van der Waals surface area contributed by atoms with Crippen LogP contribution in [0.4, 0.5) is 19.3 Å². The predicted octanol–water partition coefficient (Wildman–Crippen LogP) is 1.18. The Bertz CT molecular complexity index is 894. The predicted molar refractivity (Wildman–Crippen MR) is 91.0 cm³/mol. The van der Waals surface area contributed by atoms with Crippen molar-refractivity contribution < 1.29 is 31.5 Å². The van der Waals surface area contributed by atoms with Gasteiger partial charge in [-0.3, -0.25) is 9.69 Å². The molecule has 7 nitrogen and oxygen atoms in total. The number of nitrogens with one attached hydrogen (secondary N) is 1. The van der Waals surface area contributed by atoms with E-state index in [0.717, 1.165) is 17.0 Å². The van der Waals surface area contributed by atoms with Gasteiger partial charge >= 0.3 is 6.09 Å². The number of amides is 2. The summed E-state index contributed by atoms with van der Waals surface area (Å²) in [4.78, 5) is 24.1. The second-order valence-corrected chi connectivity index (χ2v) is 9.46. The van der Waals surface area contributed by atoms with Gasteiger partial charge in [0.15, 0.2) is 9.84 Å². The minimum atomic E-state index is -3.10. The summed E-state index contributed by atoms with van der Waals surface area (Å²) in [6.07, 6.45) is -1.36. The molecule has 1 aliphatic carbocycles. The zero-order chi connectivity index (χ0) is 19.5. The van der Waals surface area contributed by atoms with Crippen LogP contribution in [0, 0.1) is 23.5 Å². The summed E-state index contributed by atoms with van der Waals surface area (Å²) < 4.78 is 57.4. The van der Waals surface area contributed by atoms with Crippen LogP contribution >= 0.6 is 0 Å². The Morgan fingerprint density at radius 2 is 1.85 bits per heavy atom. The van der Waals surface area contributed by atoms with Crippen molar-refractivity contribution in [1.82, 2.24) is 5.32 Å². The number of sulfone groups is 1. The summed E-state index contributed by atoms with van der Waals surface area (Å²) in [5, 5.41) is 2.52. The molecule has 146 valence electrons. The highest BCUT2D eigenvalue weighted by Gasteiger charge is 2.60. The smallest absolute Gasteiger partial charge is 0.414 e. The van der Waals surface area contributed by atoms with E-state index in [1.54, 1.807) is 0 Å². The molecule has 1 aromatic rings. The summed E-state index contributed by atoms with van der Waals surface area (Å²) >= 11 is 0. The Hall–Kier alpha value is -2.23. The second kappa shape index (κ2) is 6.15. The monoisotopic (exact) mass is 400 g/mol. The van der Waals surface area contributed by atoms with Gasteiger partial charge in [0.2, 0.25) is 5.91 Å². The van der Waals surface area contributed by atoms with Crippen LogP contribution in [-0.2, 0) is 19.4 Å². The highest BCUT2D eigenvalue weighted by atomic mass is 32.2. The average molecular weight is 400 g/mol. The number of benzene rings is 1. The van der Waals surface area contributed by atoms with Crippen molar-refractivity contribution in [1.29, 1.82) is 0 Å². The maximum atomic E-state index is 14.6. The normalized spacial score (nSPS) is 30.8. The highest BCUT2D eigenvalue weighted by molar-refractivity contribution is 7.91. The van der Waals surface area contributed by atoms with Crippen LogP contribution < -0.4 is 10.2 Å². The third-order valence-electron chi connectivity index (χ3n) is 5.39. The fourth-order valence-corrected chi connectivity index (χ4v) is 6.34. The summed E-state index contributed by atoms with van der Waals surface area (Å²) in [5.74, 6) is -2.82. The largest absolute Gasteiger partial charge is 0.442 e. The van der Waals surface area contributed by atoms with Crippen molar-refractivity contribution in [3.8, 4) is 0 Å². The van der Waals surface area contributed by atoms with E-state index < -0.39 is 39.6 Å². The molecule has 0 aromatic heterocycles. The molecule has 3 aliphatic rings. The molecular weight excluding hydrogens is 382 g/mol. The zero-order valence-electron chi connectivity index (χ0n) is 14.4. The number of carbonyl (C=O) groups excluding carboxylic acids is 2. The molecule has 1 aromatic carbocycles. The van der Waals surface area contributed by atoms with E-state index in [1.165, 1.54) is 6.92 Å². The number of hydrogen-bond donors (Lipinski definition) is 1. The Kier molecular flexibility index (Phi) is 4.13. The molecule has 4 atom stereocenters. The Morgan fingerprint density at radius 1 is 1.26 bits per heavy atom. The van der Waals surface area contributed by atoms with Crippen LogP contribution in [0.3, 0.4) is 0 Å². The van der Waals surface area contributed by atoms with Crippen molar-refractivity contribution in [2.75, 3.05) is 29.5 Å². The van der Waals surface area contributed by atoms with Gasteiger partial charge in [0.1, 0.15) is 17.7 Å². The third kappa shape index (κ3) is 3.26. The Morgan fingerprint density at radius 3 is 2.41 bits per heavy atom. The van der Waals surface area contributed by atoms with Crippen molar-refractivity contribution in [2.24, 2.45) is 11.8 Å². The van der Waals surface area contributed by atoms with Gasteiger partial charge < -0.3 is 10.1 Å². The zero-order valence-corrected chi connectivity index (χ0v) is 15.3. The molecule has 2 aliphatic heterocycles. The molecule has 2 heterocycles. The molecule has 27 heavy (non-hydrogen) atoms. The maximum Gasteiger partial charge on any atom is 0.414 e. The van der Waals surface area contributed by atoms with Gasteiger partial charge in [-0.25, -0.2) is 22.0 Å². The van der Waals surface area contributed by atoms with Gasteiger partial charge in [-0.05, 0) is 29.9 Å². The molecule has 3 fully saturated rings. The average Bonchev–Trinajstić information content (AvgIpc) is 2.90. The van der Waals surface area contributed by atoms with Crippen LogP contribution in [0.25, 0.3) is 0 Å². The molecule has 4 rings (SSSR count). The van der Waals surface area contributed by atoms with E-state index in [9.17, 15) is 26.8 Å². The van der Waals surface area contributed by atoms with E-state index >= 15 is 0 Å². The number of cyclic esters (lactones) is 1. The van der Waals surface area contributed by atoms with Crippen LogP contribution in [0.5, 0.6) is 0 Å². The summed E-state index contributed by atoms with van der Waals surface area (Å²) in [5.41, 5.74) is -0.0754. The van der Waals surface area contributed by atoms with Gasteiger partial charge in [-0.2, -0.15) is 0 Å². The minimum Gasteiger partial charge on any atom is -0.442 e. The molecule has 0 radical (unpaired) electrons. The lowest BCUT2D eigenvalue weighted by Gasteiger charge is -2.16. The van der Waals surface area contributed by atoms with E-state index in [0.29, 0.717) is 0 Å². The molecule has 1 saturated carbocycles. The first-order chi connectivity index (χ1) is 12.7.